The first-order valence-corrected chi connectivity index (χ1v) is 16.8. The molecule has 0 saturated carbocycles. The Morgan fingerprint density at radius 3 is 2.46 bits per heavy atom. The van der Waals surface area contributed by atoms with Crippen molar-refractivity contribution in [2.24, 2.45) is 28.5 Å². The summed E-state index contributed by atoms with van der Waals surface area (Å²) >= 11 is 3.20. The number of ether oxygens (including phenoxy) is 2. The van der Waals surface area contributed by atoms with Crippen molar-refractivity contribution in [3.63, 3.8) is 0 Å². The summed E-state index contributed by atoms with van der Waals surface area (Å²) in [5.74, 6) is 0.687. The average Bonchev–Trinajstić information content (AvgIpc) is 3.50. The zero-order valence-electron chi connectivity index (χ0n) is 27.0. The number of hydrogen-bond donors (Lipinski definition) is 1. The molecule has 4 unspecified atom stereocenters. The van der Waals surface area contributed by atoms with Gasteiger partial charge in [-0.25, -0.2) is 9.97 Å². The molecular formula is C32H45BrF5N4O3P. The van der Waals surface area contributed by atoms with Crippen LogP contribution in [0.15, 0.2) is 33.9 Å². The van der Waals surface area contributed by atoms with Gasteiger partial charge in [0, 0.05) is 34.3 Å². The van der Waals surface area contributed by atoms with Crippen molar-refractivity contribution < 1.29 is 36.2 Å². The van der Waals surface area contributed by atoms with E-state index in [1.807, 2.05) is 0 Å². The number of hydrogen-bond acceptors (Lipinski definition) is 5. The van der Waals surface area contributed by atoms with E-state index in [1.165, 1.54) is 27.6 Å². The van der Waals surface area contributed by atoms with Gasteiger partial charge in [-0.3, -0.25) is 4.79 Å². The second-order valence-electron chi connectivity index (χ2n) is 12.0. The fourth-order valence-corrected chi connectivity index (χ4v) is 5.34. The molecule has 1 fully saturated rings. The topological polar surface area (TPSA) is 99.7 Å². The van der Waals surface area contributed by atoms with E-state index in [1.54, 1.807) is 13.0 Å². The lowest BCUT2D eigenvalue weighted by atomic mass is 9.89. The van der Waals surface area contributed by atoms with E-state index in [4.69, 9.17) is 15.2 Å². The van der Waals surface area contributed by atoms with Crippen LogP contribution in [-0.2, 0) is 15.2 Å². The van der Waals surface area contributed by atoms with Crippen LogP contribution in [0.3, 0.4) is 0 Å². The Morgan fingerprint density at radius 2 is 1.91 bits per heavy atom. The first-order valence-electron chi connectivity index (χ1n) is 15.4. The minimum Gasteiger partial charge on any atom is -0.477 e. The highest BCUT2D eigenvalue weighted by Crippen LogP contribution is 2.37. The number of rotatable bonds is 13. The van der Waals surface area contributed by atoms with Gasteiger partial charge >= 0.3 is 6.18 Å². The summed E-state index contributed by atoms with van der Waals surface area (Å²) in [6.07, 6.45) is 0.894. The van der Waals surface area contributed by atoms with Crippen molar-refractivity contribution in [3.8, 4) is 5.88 Å². The number of amidine groups is 1. The first kappa shape index (κ1) is 39.9. The van der Waals surface area contributed by atoms with Crippen LogP contribution in [0.25, 0.3) is 0 Å². The quantitative estimate of drug-likeness (QED) is 0.0953. The summed E-state index contributed by atoms with van der Waals surface area (Å²) in [6.45, 7) is 10.3. The number of halogens is 6. The monoisotopic (exact) mass is 738 g/mol. The second-order valence-corrected chi connectivity index (χ2v) is 13.6. The van der Waals surface area contributed by atoms with E-state index in [9.17, 15) is 26.7 Å². The Kier molecular flexibility index (Phi) is 15.9. The van der Waals surface area contributed by atoms with Crippen molar-refractivity contribution in [3.05, 3.63) is 51.4 Å². The highest BCUT2D eigenvalue weighted by atomic mass is 79.9. The number of nitrogens with zero attached hydrogens (tertiary/aromatic N) is 3. The maximum Gasteiger partial charge on any atom is 0.392 e. The Labute approximate surface area is 279 Å². The number of nitrogens with two attached hydrogens (primary N) is 1. The molecule has 1 aliphatic heterocycles. The van der Waals surface area contributed by atoms with Gasteiger partial charge in [-0.15, -0.1) is 0 Å². The molecule has 0 aliphatic carbocycles. The van der Waals surface area contributed by atoms with Crippen LogP contribution in [0.4, 0.5) is 22.0 Å². The van der Waals surface area contributed by atoms with E-state index < -0.39 is 31.0 Å². The normalized spacial score (nSPS) is 17.0. The van der Waals surface area contributed by atoms with Crippen LogP contribution in [0.5, 0.6) is 5.88 Å². The van der Waals surface area contributed by atoms with Crippen LogP contribution in [0.1, 0.15) is 101 Å². The van der Waals surface area contributed by atoms with Crippen molar-refractivity contribution in [1.29, 1.82) is 0 Å². The summed E-state index contributed by atoms with van der Waals surface area (Å²) < 4.78 is 74.4. The third kappa shape index (κ3) is 13.9. The van der Waals surface area contributed by atoms with E-state index in [0.717, 1.165) is 36.6 Å². The SMILES string of the molecule is CCC(C)CCC(CC(C)C)C(=O)N=C(N)c1ccc(C(F)(F)P)nc1C1CCCO1.Cc1cc(Br)cnc1OCCC(F)(F)F. The predicted molar refractivity (Wildman–Crippen MR) is 176 cm³/mol. The van der Waals surface area contributed by atoms with Gasteiger partial charge in [0.2, 0.25) is 5.88 Å². The van der Waals surface area contributed by atoms with Crippen LogP contribution in [-0.4, -0.2) is 41.1 Å². The van der Waals surface area contributed by atoms with Gasteiger partial charge in [-0.1, -0.05) is 43.4 Å². The van der Waals surface area contributed by atoms with Crippen molar-refractivity contribution in [1.82, 2.24) is 9.97 Å². The molecule has 0 radical (unpaired) electrons. The maximum atomic E-state index is 13.8. The highest BCUT2D eigenvalue weighted by molar-refractivity contribution is 9.10. The van der Waals surface area contributed by atoms with Gasteiger partial charge in [0.1, 0.15) is 17.6 Å². The van der Waals surface area contributed by atoms with Gasteiger partial charge < -0.3 is 15.2 Å². The van der Waals surface area contributed by atoms with E-state index >= 15 is 0 Å². The molecule has 4 atom stereocenters. The Morgan fingerprint density at radius 1 is 1.22 bits per heavy atom. The molecule has 0 aromatic carbocycles. The third-order valence-electron chi connectivity index (χ3n) is 7.44. The highest BCUT2D eigenvalue weighted by Gasteiger charge is 2.31. The molecule has 14 heteroatoms. The molecule has 1 aliphatic rings. The van der Waals surface area contributed by atoms with Crippen molar-refractivity contribution in [2.45, 2.75) is 97.5 Å². The Hall–Kier alpha value is -2.24. The minimum atomic E-state index is -4.19. The first-order chi connectivity index (χ1) is 21.4. The number of carbonyl (C=O) groups is 1. The van der Waals surface area contributed by atoms with Crippen LogP contribution < -0.4 is 10.5 Å². The number of amides is 1. The average molecular weight is 740 g/mol. The lowest BCUT2D eigenvalue weighted by molar-refractivity contribution is -0.139. The van der Waals surface area contributed by atoms with Gasteiger partial charge in [0.05, 0.1) is 18.7 Å². The Balaban J connectivity index is 0.000000410. The van der Waals surface area contributed by atoms with E-state index in [-0.39, 0.29) is 29.2 Å². The summed E-state index contributed by atoms with van der Waals surface area (Å²) in [5.41, 5.74) is 4.09. The second kappa shape index (κ2) is 18.3. The Bertz CT molecular complexity index is 1300. The number of aliphatic imine (C=N–C) groups is 1. The lowest BCUT2D eigenvalue weighted by Crippen LogP contribution is -2.24. The molecule has 7 nitrogen and oxygen atoms in total. The number of alkyl halides is 5. The standard InChI is InChI=1S/C23H36F2N3O2P.C9H9BrF3NO/c1-5-15(4)8-9-16(13-14(2)3)22(29)28-21(26)17-10-11-19(23(24,25)31)27-20(17)18-7-6-12-30-18;1-6-4-7(10)5-14-8(6)15-3-2-9(11,12)13/h10-11,14-16,18H,5-9,12-13,31H2,1-4H3,(H2,26,28,29);4-5H,2-3H2,1H3. The molecule has 1 saturated heterocycles. The smallest absolute Gasteiger partial charge is 0.392 e. The third-order valence-corrected chi connectivity index (χ3v) is 8.17. The van der Waals surface area contributed by atoms with Gasteiger partial charge in [-0.05, 0) is 85.0 Å². The molecule has 0 spiro atoms. The predicted octanol–water partition coefficient (Wildman–Crippen LogP) is 9.06. The zero-order valence-corrected chi connectivity index (χ0v) is 29.7. The molecule has 46 heavy (non-hydrogen) atoms. The number of aryl methyl sites for hydroxylation is 1. The summed E-state index contributed by atoms with van der Waals surface area (Å²) in [7, 11) is 1.50. The molecule has 258 valence electrons. The van der Waals surface area contributed by atoms with Gasteiger partial charge in [-0.2, -0.15) is 26.9 Å². The van der Waals surface area contributed by atoms with Crippen LogP contribution in [0.2, 0.25) is 0 Å². The molecule has 3 heterocycles. The van der Waals surface area contributed by atoms with E-state index in [2.05, 4.69) is 58.6 Å². The van der Waals surface area contributed by atoms with Crippen LogP contribution >= 0.6 is 25.2 Å². The zero-order chi connectivity index (χ0) is 34.7. The molecule has 2 aromatic rings. The summed E-state index contributed by atoms with van der Waals surface area (Å²) in [6, 6.07) is 4.43. The minimum absolute atomic E-state index is 0.0129. The molecular weight excluding hydrogens is 694 g/mol. The fraction of sp³-hybridized carbons (Fsp3) is 0.625. The van der Waals surface area contributed by atoms with Crippen LogP contribution in [0, 0.1) is 24.7 Å². The van der Waals surface area contributed by atoms with Crippen molar-refractivity contribution in [2.75, 3.05) is 13.2 Å². The molecule has 1 amide bonds. The molecule has 3 rings (SSSR count). The molecule has 0 bridgehead atoms. The molecule has 2 N–H and O–H groups in total. The number of pyridine rings is 2. The number of carbonyl (C=O) groups excluding carboxylic acids is 1. The van der Waals surface area contributed by atoms with E-state index in [0.29, 0.717) is 41.7 Å². The van der Waals surface area contributed by atoms with Gasteiger partial charge in [0.25, 0.3) is 11.6 Å². The van der Waals surface area contributed by atoms with Crippen molar-refractivity contribution >= 4 is 36.9 Å². The summed E-state index contributed by atoms with van der Waals surface area (Å²) in [4.78, 5) is 25.2. The number of aromatic nitrogens is 2. The van der Waals surface area contributed by atoms with Gasteiger partial charge in [0.15, 0.2) is 0 Å². The lowest BCUT2D eigenvalue weighted by Gasteiger charge is -2.19. The summed E-state index contributed by atoms with van der Waals surface area (Å²) in [5, 5.41) is 0. The molecule has 2 aromatic heterocycles. The largest absolute Gasteiger partial charge is 0.477 e. The fourth-order valence-electron chi connectivity index (χ4n) is 4.73. The maximum absolute atomic E-state index is 13.8.